The molecule has 2 rings (SSSR count). The predicted molar refractivity (Wildman–Crippen MR) is 94.5 cm³/mol. The van der Waals surface area contributed by atoms with E-state index in [-0.39, 0.29) is 11.7 Å². The lowest BCUT2D eigenvalue weighted by molar-refractivity contribution is 0.0951. The molecule has 0 saturated heterocycles. The molecular formula is C16H16INO3S. The van der Waals surface area contributed by atoms with Gasteiger partial charge in [-0.2, -0.15) is 0 Å². The molecule has 4 nitrogen and oxygen atoms in total. The summed E-state index contributed by atoms with van der Waals surface area (Å²) in [4.78, 5) is 12.3. The summed E-state index contributed by atoms with van der Waals surface area (Å²) < 4.78 is 24.5. The van der Waals surface area contributed by atoms with E-state index in [1.807, 2.05) is 12.1 Å². The zero-order valence-electron chi connectivity index (χ0n) is 12.0. The van der Waals surface area contributed by atoms with Gasteiger partial charge >= 0.3 is 0 Å². The van der Waals surface area contributed by atoms with Crippen molar-refractivity contribution in [2.24, 2.45) is 0 Å². The third-order valence-electron chi connectivity index (χ3n) is 3.22. The highest BCUT2D eigenvalue weighted by molar-refractivity contribution is 14.1. The van der Waals surface area contributed by atoms with E-state index in [9.17, 15) is 13.2 Å². The van der Waals surface area contributed by atoms with Crippen molar-refractivity contribution in [2.75, 3.05) is 5.75 Å². The fourth-order valence-corrected chi connectivity index (χ4v) is 3.11. The average Bonchev–Trinajstić information content (AvgIpc) is 2.53. The van der Waals surface area contributed by atoms with Crippen molar-refractivity contribution < 1.29 is 13.2 Å². The maximum absolute atomic E-state index is 12.0. The third kappa shape index (κ3) is 4.30. The van der Waals surface area contributed by atoms with E-state index < -0.39 is 9.84 Å². The Morgan fingerprint density at radius 2 is 1.64 bits per heavy atom. The molecule has 0 heterocycles. The Balaban J connectivity index is 2.00. The summed E-state index contributed by atoms with van der Waals surface area (Å²) in [6.07, 6.45) is 0. The van der Waals surface area contributed by atoms with Crippen molar-refractivity contribution in [3.05, 3.63) is 63.2 Å². The van der Waals surface area contributed by atoms with Crippen LogP contribution in [0.3, 0.4) is 0 Å². The van der Waals surface area contributed by atoms with E-state index in [4.69, 9.17) is 0 Å². The van der Waals surface area contributed by atoms with Gasteiger partial charge < -0.3 is 5.32 Å². The topological polar surface area (TPSA) is 63.2 Å². The van der Waals surface area contributed by atoms with Crippen molar-refractivity contribution in [3.8, 4) is 0 Å². The molecule has 0 spiro atoms. The Labute approximate surface area is 144 Å². The molecule has 1 amide bonds. The second-order valence-corrected chi connectivity index (χ2v) is 8.26. The molecule has 1 N–H and O–H groups in total. The van der Waals surface area contributed by atoms with Gasteiger partial charge in [0.25, 0.3) is 5.91 Å². The molecule has 2 aromatic carbocycles. The van der Waals surface area contributed by atoms with E-state index in [0.717, 1.165) is 9.13 Å². The van der Waals surface area contributed by atoms with E-state index in [0.29, 0.717) is 17.0 Å². The summed E-state index contributed by atoms with van der Waals surface area (Å²) in [6, 6.07) is 13.9. The number of amides is 1. The van der Waals surface area contributed by atoms with Crippen LogP contribution in [0.2, 0.25) is 0 Å². The second kappa shape index (κ2) is 7.23. The number of benzene rings is 2. The molecule has 0 atom stereocenters. The van der Waals surface area contributed by atoms with Crippen LogP contribution in [0.25, 0.3) is 0 Å². The first-order valence-corrected chi connectivity index (χ1v) is 9.51. The van der Waals surface area contributed by atoms with Crippen molar-refractivity contribution >= 4 is 38.3 Å². The third-order valence-corrected chi connectivity index (χ3v) is 5.69. The molecule has 0 radical (unpaired) electrons. The standard InChI is InChI=1S/C16H16INO3S/c1-2-22(20,21)15-9-3-12(4-10-15)11-18-16(19)13-5-7-14(17)8-6-13/h3-10H,2,11H2,1H3,(H,18,19). The summed E-state index contributed by atoms with van der Waals surface area (Å²) in [7, 11) is -3.18. The number of carbonyl (C=O) groups is 1. The summed E-state index contributed by atoms with van der Waals surface area (Å²) >= 11 is 2.18. The zero-order valence-corrected chi connectivity index (χ0v) is 15.0. The lowest BCUT2D eigenvalue weighted by atomic mass is 10.2. The van der Waals surface area contributed by atoms with E-state index in [1.54, 1.807) is 43.3 Å². The van der Waals surface area contributed by atoms with Crippen LogP contribution in [-0.2, 0) is 16.4 Å². The van der Waals surface area contributed by atoms with Crippen LogP contribution in [0.5, 0.6) is 0 Å². The number of sulfone groups is 1. The zero-order chi connectivity index (χ0) is 16.2. The van der Waals surface area contributed by atoms with Gasteiger partial charge in [0.2, 0.25) is 0 Å². The van der Waals surface area contributed by atoms with Crippen molar-refractivity contribution in [1.82, 2.24) is 5.32 Å². The summed E-state index contributed by atoms with van der Waals surface area (Å²) in [5, 5.41) is 2.82. The Bertz CT molecular complexity index is 753. The maximum atomic E-state index is 12.0. The minimum atomic E-state index is -3.18. The summed E-state index contributed by atoms with van der Waals surface area (Å²) in [6.45, 7) is 1.97. The minimum Gasteiger partial charge on any atom is -0.348 e. The number of halogens is 1. The normalized spacial score (nSPS) is 11.2. The Hall–Kier alpha value is -1.41. The number of hydrogen-bond donors (Lipinski definition) is 1. The number of hydrogen-bond acceptors (Lipinski definition) is 3. The molecule has 0 bridgehead atoms. The first-order valence-electron chi connectivity index (χ1n) is 6.78. The quantitative estimate of drug-likeness (QED) is 0.744. The van der Waals surface area contributed by atoms with E-state index in [1.165, 1.54) is 0 Å². The highest BCUT2D eigenvalue weighted by Gasteiger charge is 2.11. The monoisotopic (exact) mass is 429 g/mol. The van der Waals surface area contributed by atoms with Crippen LogP contribution in [0.15, 0.2) is 53.4 Å². The smallest absolute Gasteiger partial charge is 0.251 e. The Morgan fingerprint density at radius 1 is 1.05 bits per heavy atom. The van der Waals surface area contributed by atoms with Gasteiger partial charge in [0.1, 0.15) is 0 Å². The molecule has 22 heavy (non-hydrogen) atoms. The molecule has 0 aliphatic rings. The summed E-state index contributed by atoms with van der Waals surface area (Å²) in [5.74, 6) is -0.0720. The van der Waals surface area contributed by atoms with Gasteiger partial charge in [-0.15, -0.1) is 0 Å². The molecule has 6 heteroatoms. The molecule has 0 aliphatic heterocycles. The van der Waals surface area contributed by atoms with Crippen molar-refractivity contribution in [3.63, 3.8) is 0 Å². The van der Waals surface area contributed by atoms with Gasteiger partial charge in [0.15, 0.2) is 9.84 Å². The van der Waals surface area contributed by atoms with E-state index in [2.05, 4.69) is 27.9 Å². The maximum Gasteiger partial charge on any atom is 0.251 e. The SMILES string of the molecule is CCS(=O)(=O)c1ccc(CNC(=O)c2ccc(I)cc2)cc1. The van der Waals surface area contributed by atoms with Gasteiger partial charge in [-0.05, 0) is 64.6 Å². The Morgan fingerprint density at radius 3 is 2.18 bits per heavy atom. The largest absolute Gasteiger partial charge is 0.348 e. The molecule has 116 valence electrons. The van der Waals surface area contributed by atoms with Gasteiger partial charge in [0.05, 0.1) is 10.6 Å². The van der Waals surface area contributed by atoms with Gasteiger partial charge in [-0.3, -0.25) is 4.79 Å². The predicted octanol–water partition coefficient (Wildman–Crippen LogP) is 3.01. The molecule has 2 aromatic rings. The van der Waals surface area contributed by atoms with Gasteiger partial charge in [0, 0.05) is 15.7 Å². The van der Waals surface area contributed by atoms with Crippen LogP contribution >= 0.6 is 22.6 Å². The van der Waals surface area contributed by atoms with Crippen LogP contribution in [0, 0.1) is 3.57 Å². The fraction of sp³-hybridized carbons (Fsp3) is 0.188. The molecule has 0 aromatic heterocycles. The summed E-state index contributed by atoms with van der Waals surface area (Å²) in [5.41, 5.74) is 1.46. The lowest BCUT2D eigenvalue weighted by Crippen LogP contribution is -2.22. The van der Waals surface area contributed by atoms with Crippen LogP contribution < -0.4 is 5.32 Å². The minimum absolute atomic E-state index is 0.0793. The molecule has 0 unspecified atom stereocenters. The second-order valence-electron chi connectivity index (χ2n) is 4.74. The number of rotatable bonds is 5. The van der Waals surface area contributed by atoms with E-state index >= 15 is 0 Å². The molecule has 0 saturated carbocycles. The van der Waals surface area contributed by atoms with Crippen molar-refractivity contribution in [1.29, 1.82) is 0 Å². The molecular weight excluding hydrogens is 413 g/mol. The van der Waals surface area contributed by atoms with Crippen LogP contribution in [0.1, 0.15) is 22.8 Å². The van der Waals surface area contributed by atoms with Crippen LogP contribution in [-0.4, -0.2) is 20.1 Å². The average molecular weight is 429 g/mol. The molecule has 0 aliphatic carbocycles. The van der Waals surface area contributed by atoms with Crippen molar-refractivity contribution in [2.45, 2.75) is 18.4 Å². The highest BCUT2D eigenvalue weighted by atomic mass is 127. The lowest BCUT2D eigenvalue weighted by Gasteiger charge is -2.07. The highest BCUT2D eigenvalue weighted by Crippen LogP contribution is 2.12. The number of carbonyl (C=O) groups excluding carboxylic acids is 1. The fourth-order valence-electron chi connectivity index (χ4n) is 1.87. The van der Waals surface area contributed by atoms with Crippen LogP contribution in [0.4, 0.5) is 0 Å². The first-order chi connectivity index (χ1) is 10.4. The van der Waals surface area contributed by atoms with Gasteiger partial charge in [-0.25, -0.2) is 8.42 Å². The Kier molecular flexibility index (Phi) is 5.57. The first kappa shape index (κ1) is 17.0. The van der Waals surface area contributed by atoms with Gasteiger partial charge in [-0.1, -0.05) is 19.1 Å². The number of nitrogens with one attached hydrogen (secondary N) is 1. The molecule has 0 fully saturated rings.